The van der Waals surface area contributed by atoms with Crippen LogP contribution < -0.4 is 16.0 Å². The second kappa shape index (κ2) is 8.50. The lowest BCUT2D eigenvalue weighted by molar-refractivity contribution is 0.415. The maximum Gasteiger partial charge on any atom is 0.343 e. The first-order valence-electron chi connectivity index (χ1n) is 9.38. The lowest BCUT2D eigenvalue weighted by Gasteiger charge is -2.13. The number of rotatable bonds is 5. The molecule has 0 aliphatic heterocycles. The quantitative estimate of drug-likeness (QED) is 0.497. The Balaban J connectivity index is 1.95. The van der Waals surface area contributed by atoms with Crippen LogP contribution in [0.5, 0.6) is 11.6 Å². The lowest BCUT2D eigenvalue weighted by atomic mass is 10.3. The van der Waals surface area contributed by atoms with Crippen molar-refractivity contribution in [2.75, 3.05) is 7.11 Å². The van der Waals surface area contributed by atoms with Gasteiger partial charge < -0.3 is 9.84 Å². The van der Waals surface area contributed by atoms with Crippen LogP contribution in [-0.2, 0) is 0 Å². The zero-order valence-corrected chi connectivity index (χ0v) is 16.5. The molecule has 0 atom stereocenters. The molecule has 3 aromatic carbocycles. The van der Waals surface area contributed by atoms with Gasteiger partial charge in [-0.2, -0.15) is 5.11 Å². The van der Waals surface area contributed by atoms with Crippen LogP contribution in [0, 0.1) is 0 Å². The van der Waals surface area contributed by atoms with Crippen molar-refractivity contribution in [1.82, 2.24) is 9.13 Å². The number of ether oxygens (including phenoxy) is 1. The normalized spacial score (nSPS) is 11.0. The minimum absolute atomic E-state index is 0.350. The molecule has 31 heavy (non-hydrogen) atoms. The van der Waals surface area contributed by atoms with Crippen LogP contribution in [0.4, 0.5) is 11.4 Å². The SMILES string of the molecule is COc1ccc(N=Nc2c(O)n(-c3ccccc3)c(=O)n(-c3ccccc3)c2=O)cc1. The smallest absolute Gasteiger partial charge is 0.343 e. The van der Waals surface area contributed by atoms with Crippen molar-refractivity contribution in [3.8, 4) is 23.0 Å². The molecule has 0 aliphatic carbocycles. The van der Waals surface area contributed by atoms with Gasteiger partial charge >= 0.3 is 5.69 Å². The Morgan fingerprint density at radius 3 is 1.84 bits per heavy atom. The lowest BCUT2D eigenvalue weighted by Crippen LogP contribution is -2.37. The average Bonchev–Trinajstić information content (AvgIpc) is 2.81. The predicted octanol–water partition coefficient (Wildman–Crippen LogP) is 4.12. The Labute approximate surface area is 177 Å². The van der Waals surface area contributed by atoms with Crippen LogP contribution in [0.1, 0.15) is 0 Å². The number of aromatic nitrogens is 2. The van der Waals surface area contributed by atoms with Crippen molar-refractivity contribution in [2.24, 2.45) is 10.2 Å². The van der Waals surface area contributed by atoms with E-state index in [0.29, 0.717) is 22.8 Å². The standard InChI is InChI=1S/C23H18N4O4/c1-31-19-14-12-16(13-15-19)24-25-20-21(28)26(17-8-4-2-5-9-17)23(30)27(22(20)29)18-10-6-3-7-11-18/h2-15,28H,1H3. The van der Waals surface area contributed by atoms with Gasteiger partial charge in [0, 0.05) is 0 Å². The van der Waals surface area contributed by atoms with E-state index >= 15 is 0 Å². The van der Waals surface area contributed by atoms with E-state index in [1.165, 1.54) is 0 Å². The summed E-state index contributed by atoms with van der Waals surface area (Å²) in [7, 11) is 1.55. The fourth-order valence-electron chi connectivity index (χ4n) is 3.04. The topological polar surface area (TPSA) is 98.2 Å². The molecule has 154 valence electrons. The van der Waals surface area contributed by atoms with E-state index < -0.39 is 17.1 Å². The van der Waals surface area contributed by atoms with Crippen molar-refractivity contribution in [3.05, 3.63) is 106 Å². The van der Waals surface area contributed by atoms with Crippen molar-refractivity contribution < 1.29 is 9.84 Å². The Bertz CT molecular complexity index is 1340. The highest BCUT2D eigenvalue weighted by molar-refractivity contribution is 5.52. The summed E-state index contributed by atoms with van der Waals surface area (Å²) in [6.07, 6.45) is 0. The Hall–Kier alpha value is -4.46. The number of para-hydroxylation sites is 2. The minimum atomic E-state index is -0.779. The van der Waals surface area contributed by atoms with Crippen LogP contribution >= 0.6 is 0 Å². The molecule has 8 nitrogen and oxygen atoms in total. The third-order valence-corrected chi connectivity index (χ3v) is 4.58. The molecule has 0 saturated carbocycles. The molecule has 0 amide bonds. The molecule has 4 aromatic rings. The van der Waals surface area contributed by atoms with E-state index in [9.17, 15) is 14.7 Å². The van der Waals surface area contributed by atoms with Gasteiger partial charge in [0.25, 0.3) is 5.56 Å². The van der Waals surface area contributed by atoms with Crippen molar-refractivity contribution in [1.29, 1.82) is 0 Å². The van der Waals surface area contributed by atoms with E-state index in [1.54, 1.807) is 92.0 Å². The summed E-state index contributed by atoms with van der Waals surface area (Å²) in [5, 5.41) is 18.9. The summed E-state index contributed by atoms with van der Waals surface area (Å²) in [5.41, 5.74) is -0.674. The van der Waals surface area contributed by atoms with Crippen LogP contribution in [0.3, 0.4) is 0 Å². The number of hydrogen-bond acceptors (Lipinski definition) is 6. The maximum absolute atomic E-state index is 13.2. The van der Waals surface area contributed by atoms with Crippen molar-refractivity contribution in [3.63, 3.8) is 0 Å². The molecule has 0 fully saturated rings. The molecule has 0 spiro atoms. The van der Waals surface area contributed by atoms with Gasteiger partial charge in [0.05, 0.1) is 24.2 Å². The molecule has 8 heteroatoms. The Morgan fingerprint density at radius 2 is 1.29 bits per heavy atom. The molecule has 1 heterocycles. The molecular formula is C23H18N4O4. The van der Waals surface area contributed by atoms with Gasteiger partial charge in [-0.1, -0.05) is 36.4 Å². The average molecular weight is 414 g/mol. The van der Waals surface area contributed by atoms with Gasteiger partial charge in [0.2, 0.25) is 11.6 Å². The van der Waals surface area contributed by atoms with Crippen LogP contribution in [0.25, 0.3) is 11.4 Å². The monoisotopic (exact) mass is 414 g/mol. The molecule has 4 rings (SSSR count). The summed E-state index contributed by atoms with van der Waals surface area (Å²) >= 11 is 0. The molecule has 0 unspecified atom stereocenters. The first-order valence-corrected chi connectivity index (χ1v) is 9.38. The fraction of sp³-hybridized carbons (Fsp3) is 0.0435. The molecular weight excluding hydrogens is 396 g/mol. The zero-order valence-electron chi connectivity index (χ0n) is 16.5. The van der Waals surface area contributed by atoms with Crippen LogP contribution in [0.15, 0.2) is 105 Å². The minimum Gasteiger partial charge on any atom is -0.497 e. The number of aromatic hydroxyl groups is 1. The van der Waals surface area contributed by atoms with Gasteiger partial charge in [0.1, 0.15) is 5.75 Å². The summed E-state index contributed by atoms with van der Waals surface area (Å²) in [6, 6.07) is 23.6. The number of nitrogens with zero attached hydrogens (tertiary/aromatic N) is 4. The molecule has 1 N–H and O–H groups in total. The van der Waals surface area contributed by atoms with Crippen LogP contribution in [-0.4, -0.2) is 21.4 Å². The molecule has 0 radical (unpaired) electrons. The summed E-state index contributed by atoms with van der Waals surface area (Å²) < 4.78 is 7.09. The highest BCUT2D eigenvalue weighted by atomic mass is 16.5. The van der Waals surface area contributed by atoms with E-state index in [-0.39, 0.29) is 5.69 Å². The van der Waals surface area contributed by atoms with E-state index in [4.69, 9.17) is 4.74 Å². The van der Waals surface area contributed by atoms with Crippen LogP contribution in [0.2, 0.25) is 0 Å². The summed E-state index contributed by atoms with van der Waals surface area (Å²) in [4.78, 5) is 26.3. The second-order valence-electron chi connectivity index (χ2n) is 6.50. The molecule has 0 aliphatic rings. The summed E-state index contributed by atoms with van der Waals surface area (Å²) in [5.74, 6) is 0.0523. The molecule has 0 saturated heterocycles. The second-order valence-corrected chi connectivity index (χ2v) is 6.50. The Kier molecular flexibility index (Phi) is 5.44. The molecule has 0 bridgehead atoms. The molecule has 1 aromatic heterocycles. The number of hydrogen-bond donors (Lipinski definition) is 1. The fourth-order valence-corrected chi connectivity index (χ4v) is 3.04. The number of benzene rings is 3. The highest BCUT2D eigenvalue weighted by Crippen LogP contribution is 2.26. The van der Waals surface area contributed by atoms with Gasteiger partial charge in [-0.25, -0.2) is 13.9 Å². The summed E-state index contributed by atoms with van der Waals surface area (Å²) in [6.45, 7) is 0. The highest BCUT2D eigenvalue weighted by Gasteiger charge is 2.21. The largest absolute Gasteiger partial charge is 0.497 e. The van der Waals surface area contributed by atoms with E-state index in [0.717, 1.165) is 9.13 Å². The van der Waals surface area contributed by atoms with Crippen molar-refractivity contribution in [2.45, 2.75) is 0 Å². The number of azo groups is 1. The van der Waals surface area contributed by atoms with Gasteiger partial charge in [-0.05, 0) is 48.5 Å². The van der Waals surface area contributed by atoms with E-state index in [1.807, 2.05) is 0 Å². The first kappa shape index (κ1) is 19.8. The van der Waals surface area contributed by atoms with Gasteiger partial charge in [-0.3, -0.25) is 4.79 Å². The zero-order chi connectivity index (χ0) is 21.8. The first-order chi connectivity index (χ1) is 15.1. The maximum atomic E-state index is 13.2. The Morgan fingerprint density at radius 1 is 0.742 bits per heavy atom. The third kappa shape index (κ3) is 3.86. The third-order valence-electron chi connectivity index (χ3n) is 4.58. The van der Waals surface area contributed by atoms with Gasteiger partial charge in [0.15, 0.2) is 0 Å². The van der Waals surface area contributed by atoms with E-state index in [2.05, 4.69) is 10.2 Å². The predicted molar refractivity (Wildman–Crippen MR) is 116 cm³/mol. The van der Waals surface area contributed by atoms with Gasteiger partial charge in [-0.15, -0.1) is 5.11 Å². The van der Waals surface area contributed by atoms with Crippen molar-refractivity contribution >= 4 is 11.4 Å². The number of methoxy groups -OCH3 is 1.